The Morgan fingerprint density at radius 3 is 2.87 bits per heavy atom. The van der Waals surface area contributed by atoms with Gasteiger partial charge in [0.15, 0.2) is 5.84 Å². The number of rotatable bonds is 6. The highest BCUT2D eigenvalue weighted by atomic mass is 16.6. The number of nitrogens with zero attached hydrogens (tertiary/aromatic N) is 2. The molecule has 2 fully saturated rings. The molecule has 5 heteroatoms. The van der Waals surface area contributed by atoms with Gasteiger partial charge in [0.2, 0.25) is 0 Å². The molecule has 2 N–H and O–H groups in total. The van der Waals surface area contributed by atoms with E-state index in [0.29, 0.717) is 18.4 Å². The number of amidine groups is 1. The first-order chi connectivity index (χ1) is 11.3. The van der Waals surface area contributed by atoms with Crippen molar-refractivity contribution in [1.82, 2.24) is 4.90 Å². The van der Waals surface area contributed by atoms with Crippen molar-refractivity contribution in [2.24, 2.45) is 16.8 Å². The summed E-state index contributed by atoms with van der Waals surface area (Å²) in [6, 6.07) is 8.23. The highest BCUT2D eigenvalue weighted by Gasteiger charge is 2.17. The van der Waals surface area contributed by atoms with Gasteiger partial charge >= 0.3 is 0 Å². The normalized spacial score (nSPS) is 23.1. The molecule has 1 unspecified atom stereocenters. The second kappa shape index (κ2) is 8.31. The third-order valence-electron chi connectivity index (χ3n) is 4.63. The Bertz CT molecular complexity index is 521. The molecule has 0 spiro atoms. The first-order valence-corrected chi connectivity index (χ1v) is 8.67. The van der Waals surface area contributed by atoms with E-state index in [9.17, 15) is 0 Å². The molecule has 0 aromatic heterocycles. The number of likely N-dealkylation sites (tertiary alicyclic amines) is 1. The largest absolute Gasteiger partial charge is 0.394 e. The molecule has 3 rings (SSSR count). The van der Waals surface area contributed by atoms with Gasteiger partial charge < -0.3 is 15.3 Å². The summed E-state index contributed by atoms with van der Waals surface area (Å²) in [7, 11) is 0. The fraction of sp³-hybridized carbons (Fsp3) is 0.611. The molecule has 0 saturated carbocycles. The van der Waals surface area contributed by atoms with Crippen LogP contribution in [0, 0.1) is 5.92 Å². The molecule has 2 saturated heterocycles. The maximum absolute atomic E-state index is 6.16. The number of nitrogens with two attached hydrogens (primary N) is 1. The van der Waals surface area contributed by atoms with Gasteiger partial charge in [0, 0.05) is 24.6 Å². The summed E-state index contributed by atoms with van der Waals surface area (Å²) in [5.74, 6) is 0.909. The van der Waals surface area contributed by atoms with E-state index in [1.165, 1.54) is 37.9 Å². The Hall–Kier alpha value is -1.59. The smallest absolute Gasteiger partial charge is 0.170 e. The predicted molar refractivity (Wildman–Crippen MR) is 91.2 cm³/mol. The molecule has 2 heterocycles. The van der Waals surface area contributed by atoms with E-state index in [1.54, 1.807) is 0 Å². The third-order valence-corrected chi connectivity index (χ3v) is 4.63. The summed E-state index contributed by atoms with van der Waals surface area (Å²) in [6.45, 7) is 5.44. The summed E-state index contributed by atoms with van der Waals surface area (Å²) in [4.78, 5) is 7.94. The zero-order chi connectivity index (χ0) is 15.9. The van der Waals surface area contributed by atoms with Crippen LogP contribution in [0.2, 0.25) is 0 Å². The monoisotopic (exact) mass is 317 g/mol. The van der Waals surface area contributed by atoms with Gasteiger partial charge in [0.1, 0.15) is 6.61 Å². The number of piperidine rings is 1. The van der Waals surface area contributed by atoms with Crippen molar-refractivity contribution in [2.45, 2.75) is 32.2 Å². The second-order valence-electron chi connectivity index (χ2n) is 6.50. The molecule has 2 aliphatic rings. The molecule has 0 radical (unpaired) electrons. The minimum atomic E-state index is 0.440. The molecule has 0 bridgehead atoms. The van der Waals surface area contributed by atoms with Crippen molar-refractivity contribution >= 4 is 5.84 Å². The lowest BCUT2D eigenvalue weighted by atomic mass is 10.0. The standard InChI is InChI=1S/C18H27N3O2/c19-18(20-23-14-15-8-11-22-13-15)17-7-3-2-6-16(17)12-21-9-4-1-5-10-21/h2-3,6-7,15H,1,4-5,8-14H2,(H2,19,20). The van der Waals surface area contributed by atoms with Gasteiger partial charge in [-0.15, -0.1) is 0 Å². The fourth-order valence-electron chi connectivity index (χ4n) is 3.24. The van der Waals surface area contributed by atoms with E-state index in [4.69, 9.17) is 15.3 Å². The highest BCUT2D eigenvalue weighted by Crippen LogP contribution is 2.17. The molecule has 2 aliphatic heterocycles. The van der Waals surface area contributed by atoms with Gasteiger partial charge in [-0.2, -0.15) is 0 Å². The van der Waals surface area contributed by atoms with E-state index in [0.717, 1.165) is 31.7 Å². The first-order valence-electron chi connectivity index (χ1n) is 8.67. The summed E-state index contributed by atoms with van der Waals surface area (Å²) >= 11 is 0. The zero-order valence-corrected chi connectivity index (χ0v) is 13.7. The number of hydrogen-bond acceptors (Lipinski definition) is 4. The lowest BCUT2D eigenvalue weighted by Gasteiger charge is -2.27. The molecule has 0 amide bonds. The minimum Gasteiger partial charge on any atom is -0.394 e. The van der Waals surface area contributed by atoms with E-state index in [2.05, 4.69) is 22.2 Å². The SMILES string of the molecule is NC(=NOCC1CCOC1)c1ccccc1CN1CCCCC1. The number of ether oxygens (including phenoxy) is 1. The van der Waals surface area contributed by atoms with Crippen molar-refractivity contribution in [3.05, 3.63) is 35.4 Å². The van der Waals surface area contributed by atoms with Crippen LogP contribution in [-0.2, 0) is 16.1 Å². The van der Waals surface area contributed by atoms with Crippen molar-refractivity contribution < 1.29 is 9.57 Å². The van der Waals surface area contributed by atoms with E-state index >= 15 is 0 Å². The molecule has 1 atom stereocenters. The van der Waals surface area contributed by atoms with E-state index < -0.39 is 0 Å². The van der Waals surface area contributed by atoms with Crippen LogP contribution < -0.4 is 5.73 Å². The first kappa shape index (κ1) is 16.3. The molecular formula is C18H27N3O2. The maximum Gasteiger partial charge on any atom is 0.170 e. The van der Waals surface area contributed by atoms with Gasteiger partial charge in [0.25, 0.3) is 0 Å². The van der Waals surface area contributed by atoms with Crippen molar-refractivity contribution in [1.29, 1.82) is 0 Å². The Labute approximate surface area is 138 Å². The second-order valence-corrected chi connectivity index (χ2v) is 6.50. The van der Waals surface area contributed by atoms with Crippen molar-refractivity contribution in [2.75, 3.05) is 32.9 Å². The van der Waals surface area contributed by atoms with Gasteiger partial charge in [-0.25, -0.2) is 0 Å². The highest BCUT2D eigenvalue weighted by molar-refractivity contribution is 5.98. The average Bonchev–Trinajstić information content (AvgIpc) is 3.09. The number of hydrogen-bond donors (Lipinski definition) is 1. The Morgan fingerprint density at radius 2 is 2.09 bits per heavy atom. The Kier molecular flexibility index (Phi) is 5.88. The molecule has 23 heavy (non-hydrogen) atoms. The van der Waals surface area contributed by atoms with E-state index in [1.807, 2.05) is 12.1 Å². The molecule has 1 aromatic carbocycles. The van der Waals surface area contributed by atoms with Crippen LogP contribution in [0.25, 0.3) is 0 Å². The van der Waals surface area contributed by atoms with Gasteiger partial charge in [-0.1, -0.05) is 35.8 Å². The van der Waals surface area contributed by atoms with Crippen LogP contribution in [0.3, 0.4) is 0 Å². The Morgan fingerprint density at radius 1 is 1.26 bits per heavy atom. The number of benzene rings is 1. The van der Waals surface area contributed by atoms with Gasteiger partial charge in [-0.05, 0) is 37.9 Å². The fourth-order valence-corrected chi connectivity index (χ4v) is 3.24. The quantitative estimate of drug-likeness (QED) is 0.497. The van der Waals surface area contributed by atoms with Gasteiger partial charge in [-0.3, -0.25) is 4.90 Å². The lowest BCUT2D eigenvalue weighted by Crippen LogP contribution is -2.30. The van der Waals surface area contributed by atoms with Gasteiger partial charge in [0.05, 0.1) is 6.61 Å². The van der Waals surface area contributed by atoms with Crippen LogP contribution in [0.5, 0.6) is 0 Å². The lowest BCUT2D eigenvalue weighted by molar-refractivity contribution is 0.0957. The maximum atomic E-state index is 6.16. The summed E-state index contributed by atoms with van der Waals surface area (Å²) in [6.07, 6.45) is 4.97. The van der Waals surface area contributed by atoms with Crippen LogP contribution >= 0.6 is 0 Å². The van der Waals surface area contributed by atoms with E-state index in [-0.39, 0.29) is 0 Å². The molecule has 5 nitrogen and oxygen atoms in total. The summed E-state index contributed by atoms with van der Waals surface area (Å²) < 4.78 is 5.34. The molecular weight excluding hydrogens is 290 g/mol. The van der Waals surface area contributed by atoms with Crippen LogP contribution in [0.4, 0.5) is 0 Å². The predicted octanol–water partition coefficient (Wildman–Crippen LogP) is 2.35. The van der Waals surface area contributed by atoms with Crippen LogP contribution in [0.1, 0.15) is 36.8 Å². The average molecular weight is 317 g/mol. The minimum absolute atomic E-state index is 0.440. The molecule has 126 valence electrons. The Balaban J connectivity index is 1.60. The summed E-state index contributed by atoms with van der Waals surface area (Å²) in [5, 5.41) is 4.13. The van der Waals surface area contributed by atoms with Crippen LogP contribution in [-0.4, -0.2) is 43.6 Å². The molecule has 0 aliphatic carbocycles. The zero-order valence-electron chi connectivity index (χ0n) is 13.7. The number of oxime groups is 1. The third kappa shape index (κ3) is 4.69. The topological polar surface area (TPSA) is 60.1 Å². The molecule has 1 aromatic rings. The summed E-state index contributed by atoms with van der Waals surface area (Å²) in [5.41, 5.74) is 8.37. The van der Waals surface area contributed by atoms with Crippen molar-refractivity contribution in [3.63, 3.8) is 0 Å². The van der Waals surface area contributed by atoms with Crippen molar-refractivity contribution in [3.8, 4) is 0 Å². The van der Waals surface area contributed by atoms with Crippen LogP contribution in [0.15, 0.2) is 29.4 Å².